The van der Waals surface area contributed by atoms with Gasteiger partial charge in [-0.05, 0) is 29.3 Å². The van der Waals surface area contributed by atoms with Crippen LogP contribution in [0.4, 0.5) is 0 Å². The molecule has 0 atom stereocenters. The zero-order valence-electron chi connectivity index (χ0n) is 10.8. The van der Waals surface area contributed by atoms with Crippen LogP contribution < -0.4 is 5.32 Å². The zero-order valence-corrected chi connectivity index (χ0v) is 11.6. The molecule has 2 aromatic carbocycles. The van der Waals surface area contributed by atoms with Crippen LogP contribution in [0.2, 0.25) is 0 Å². The third kappa shape index (κ3) is 4.10. The molecular weight excluding hydrogens is 270 g/mol. The van der Waals surface area contributed by atoms with Gasteiger partial charge < -0.3 is 15.5 Å². The summed E-state index contributed by atoms with van der Waals surface area (Å²) in [5.41, 5.74) is 1.93. The number of aromatic hydroxyl groups is 2. The standard InChI is InChI=1S/C16H15NO2S/c18-14-8-6-12(10-15(14)19)7-9-16(20)17-11-13-4-2-1-3-5-13/h1-10,18-19H,11H2,(H,17,20). The van der Waals surface area contributed by atoms with Crippen LogP contribution in [0, 0.1) is 0 Å². The first-order valence-corrected chi connectivity index (χ1v) is 6.58. The van der Waals surface area contributed by atoms with Crippen molar-refractivity contribution in [3.8, 4) is 11.5 Å². The van der Waals surface area contributed by atoms with Crippen molar-refractivity contribution in [2.24, 2.45) is 0 Å². The quantitative estimate of drug-likeness (QED) is 0.458. The van der Waals surface area contributed by atoms with Crippen LogP contribution in [0.3, 0.4) is 0 Å². The minimum atomic E-state index is -0.143. The summed E-state index contributed by atoms with van der Waals surface area (Å²) in [7, 11) is 0. The van der Waals surface area contributed by atoms with Gasteiger partial charge in [-0.3, -0.25) is 0 Å². The second-order valence-electron chi connectivity index (χ2n) is 4.28. The van der Waals surface area contributed by atoms with Gasteiger partial charge in [-0.1, -0.05) is 54.7 Å². The summed E-state index contributed by atoms with van der Waals surface area (Å²) in [6, 6.07) is 14.6. The summed E-state index contributed by atoms with van der Waals surface area (Å²) < 4.78 is 0. The predicted octanol–water partition coefficient (Wildman–Crippen LogP) is 3.23. The number of hydrogen-bond donors (Lipinski definition) is 3. The van der Waals surface area contributed by atoms with Gasteiger partial charge in [0, 0.05) is 6.54 Å². The number of hydrogen-bond acceptors (Lipinski definition) is 3. The molecule has 0 aliphatic heterocycles. The molecule has 4 heteroatoms. The fourth-order valence-electron chi connectivity index (χ4n) is 1.66. The molecule has 0 aliphatic rings. The van der Waals surface area contributed by atoms with E-state index in [0.29, 0.717) is 11.5 Å². The number of nitrogens with one attached hydrogen (secondary N) is 1. The maximum Gasteiger partial charge on any atom is 0.157 e. The van der Waals surface area contributed by atoms with Crippen molar-refractivity contribution in [3.05, 3.63) is 65.7 Å². The van der Waals surface area contributed by atoms with Crippen LogP contribution >= 0.6 is 12.2 Å². The normalized spacial score (nSPS) is 10.6. The molecule has 0 aromatic heterocycles. The molecule has 2 rings (SSSR count). The first-order valence-electron chi connectivity index (χ1n) is 6.17. The Balaban J connectivity index is 1.90. The molecule has 20 heavy (non-hydrogen) atoms. The van der Waals surface area contributed by atoms with Gasteiger partial charge in [-0.15, -0.1) is 0 Å². The maximum absolute atomic E-state index is 9.39. The number of phenolic OH excluding ortho intramolecular Hbond substituents is 2. The highest BCUT2D eigenvalue weighted by Gasteiger charge is 1.98. The van der Waals surface area contributed by atoms with Crippen LogP contribution in [0.5, 0.6) is 11.5 Å². The molecule has 2 aromatic rings. The highest BCUT2D eigenvalue weighted by molar-refractivity contribution is 7.80. The Kier molecular flexibility index (Phi) is 4.74. The molecule has 0 saturated heterocycles. The van der Waals surface area contributed by atoms with Crippen LogP contribution in [0.25, 0.3) is 6.08 Å². The Bertz CT molecular complexity index is 624. The van der Waals surface area contributed by atoms with Crippen molar-refractivity contribution in [1.29, 1.82) is 0 Å². The second-order valence-corrected chi connectivity index (χ2v) is 4.72. The van der Waals surface area contributed by atoms with Gasteiger partial charge in [0.15, 0.2) is 11.5 Å². The number of thiocarbonyl (C=S) groups is 1. The lowest BCUT2D eigenvalue weighted by Gasteiger charge is -2.04. The lowest BCUT2D eigenvalue weighted by Crippen LogP contribution is -2.18. The molecule has 0 aliphatic carbocycles. The summed E-state index contributed by atoms with van der Waals surface area (Å²) >= 11 is 5.20. The third-order valence-electron chi connectivity index (χ3n) is 2.74. The van der Waals surface area contributed by atoms with Crippen LogP contribution in [0.15, 0.2) is 54.6 Å². The Morgan fingerprint density at radius 3 is 2.50 bits per heavy atom. The number of rotatable bonds is 4. The first-order chi connectivity index (χ1) is 9.65. The lowest BCUT2D eigenvalue weighted by atomic mass is 10.2. The van der Waals surface area contributed by atoms with E-state index in [1.807, 2.05) is 30.3 Å². The topological polar surface area (TPSA) is 52.5 Å². The average molecular weight is 285 g/mol. The van der Waals surface area contributed by atoms with E-state index in [-0.39, 0.29) is 11.5 Å². The van der Waals surface area contributed by atoms with Gasteiger partial charge in [0.05, 0.1) is 4.99 Å². The van der Waals surface area contributed by atoms with E-state index in [2.05, 4.69) is 5.32 Å². The van der Waals surface area contributed by atoms with Gasteiger partial charge in [-0.25, -0.2) is 0 Å². The largest absolute Gasteiger partial charge is 0.504 e. The summed E-state index contributed by atoms with van der Waals surface area (Å²) in [4.78, 5) is 0.612. The van der Waals surface area contributed by atoms with Crippen molar-refractivity contribution in [1.82, 2.24) is 5.32 Å². The van der Waals surface area contributed by atoms with Crippen molar-refractivity contribution in [2.75, 3.05) is 0 Å². The Labute approximate surface area is 123 Å². The van der Waals surface area contributed by atoms with Crippen molar-refractivity contribution < 1.29 is 10.2 Å². The molecule has 0 radical (unpaired) electrons. The molecule has 0 saturated carbocycles. The molecule has 3 nitrogen and oxygen atoms in total. The minimum absolute atomic E-state index is 0.132. The van der Waals surface area contributed by atoms with Crippen molar-refractivity contribution >= 4 is 23.3 Å². The van der Waals surface area contributed by atoms with E-state index >= 15 is 0 Å². The summed E-state index contributed by atoms with van der Waals surface area (Å²) in [5, 5.41) is 21.7. The van der Waals surface area contributed by atoms with Gasteiger partial charge >= 0.3 is 0 Å². The summed E-state index contributed by atoms with van der Waals surface area (Å²) in [6.07, 6.45) is 3.53. The van der Waals surface area contributed by atoms with Crippen LogP contribution in [0.1, 0.15) is 11.1 Å². The molecule has 0 bridgehead atoms. The Hall–Kier alpha value is -2.33. The lowest BCUT2D eigenvalue weighted by molar-refractivity contribution is 0.403. The van der Waals surface area contributed by atoms with Gasteiger partial charge in [0.1, 0.15) is 0 Å². The monoisotopic (exact) mass is 285 g/mol. The van der Waals surface area contributed by atoms with Gasteiger partial charge in [0.2, 0.25) is 0 Å². The second kappa shape index (κ2) is 6.73. The maximum atomic E-state index is 9.39. The molecular formula is C16H15NO2S. The molecule has 0 fully saturated rings. The summed E-state index contributed by atoms with van der Waals surface area (Å²) in [6.45, 7) is 0.671. The van der Waals surface area contributed by atoms with Crippen LogP contribution in [-0.2, 0) is 6.54 Å². The van der Waals surface area contributed by atoms with E-state index in [9.17, 15) is 10.2 Å². The minimum Gasteiger partial charge on any atom is -0.504 e. The smallest absolute Gasteiger partial charge is 0.157 e. The molecule has 102 valence electrons. The fraction of sp³-hybridized carbons (Fsp3) is 0.0625. The fourth-order valence-corrected chi connectivity index (χ4v) is 1.80. The third-order valence-corrected chi connectivity index (χ3v) is 3.02. The van der Waals surface area contributed by atoms with Crippen LogP contribution in [-0.4, -0.2) is 15.2 Å². The number of benzene rings is 2. The molecule has 0 unspecified atom stereocenters. The van der Waals surface area contributed by atoms with E-state index in [1.54, 1.807) is 18.2 Å². The van der Waals surface area contributed by atoms with Gasteiger partial charge in [0.25, 0.3) is 0 Å². The Morgan fingerprint density at radius 2 is 1.80 bits per heavy atom. The summed E-state index contributed by atoms with van der Waals surface area (Å²) in [5.74, 6) is -0.276. The van der Waals surface area contributed by atoms with Gasteiger partial charge in [-0.2, -0.15) is 0 Å². The van der Waals surface area contributed by atoms with E-state index < -0.39 is 0 Å². The molecule has 3 N–H and O–H groups in total. The van der Waals surface area contributed by atoms with E-state index in [4.69, 9.17) is 12.2 Å². The molecule has 0 heterocycles. The highest BCUT2D eigenvalue weighted by Crippen LogP contribution is 2.25. The SMILES string of the molecule is Oc1ccc(C=CC(=S)NCc2ccccc2)cc1O. The number of phenols is 2. The highest BCUT2D eigenvalue weighted by atomic mass is 32.1. The molecule has 0 spiro atoms. The average Bonchev–Trinajstić information content (AvgIpc) is 2.47. The van der Waals surface area contributed by atoms with E-state index in [0.717, 1.165) is 11.1 Å². The zero-order chi connectivity index (χ0) is 14.4. The van der Waals surface area contributed by atoms with Crippen molar-refractivity contribution in [3.63, 3.8) is 0 Å². The first kappa shape index (κ1) is 14.1. The molecule has 0 amide bonds. The van der Waals surface area contributed by atoms with E-state index in [1.165, 1.54) is 12.1 Å². The van der Waals surface area contributed by atoms with Crippen molar-refractivity contribution in [2.45, 2.75) is 6.54 Å². The Morgan fingerprint density at radius 1 is 1.05 bits per heavy atom. The predicted molar refractivity (Wildman–Crippen MR) is 84.7 cm³/mol.